The number of nitrogens with zero attached hydrogens (tertiary/aromatic N) is 4. The topological polar surface area (TPSA) is 60.2 Å². The van der Waals surface area contributed by atoms with E-state index in [9.17, 15) is 4.79 Å². The van der Waals surface area contributed by atoms with Crippen molar-refractivity contribution in [3.63, 3.8) is 0 Å². The highest BCUT2D eigenvalue weighted by Crippen LogP contribution is 2.25. The summed E-state index contributed by atoms with van der Waals surface area (Å²) in [6, 6.07) is 11.5. The van der Waals surface area contributed by atoms with Gasteiger partial charge in [0.15, 0.2) is 5.65 Å². The minimum atomic E-state index is 0.0958. The molecule has 0 aliphatic heterocycles. The van der Waals surface area contributed by atoms with Gasteiger partial charge in [0, 0.05) is 24.8 Å². The van der Waals surface area contributed by atoms with E-state index >= 15 is 0 Å². The lowest BCUT2D eigenvalue weighted by molar-refractivity contribution is -0.131. The molecule has 2 heterocycles. The molecule has 1 aromatic carbocycles. The lowest BCUT2D eigenvalue weighted by atomic mass is 10.2. The standard InChI is InChI=1S/C21H26N4O2/c1-4-13-24(14-5-2)19(26)15-25-20(16-8-10-17(27-3)11-9-16)23-18-7-6-12-22-21(18)25/h6-12H,4-5,13-15H2,1-3H3. The average molecular weight is 366 g/mol. The number of hydrogen-bond acceptors (Lipinski definition) is 4. The van der Waals surface area contributed by atoms with E-state index in [-0.39, 0.29) is 12.5 Å². The summed E-state index contributed by atoms with van der Waals surface area (Å²) in [6.07, 6.45) is 3.62. The van der Waals surface area contributed by atoms with Gasteiger partial charge in [0.05, 0.1) is 7.11 Å². The smallest absolute Gasteiger partial charge is 0.242 e. The molecule has 1 amide bonds. The number of ether oxygens (including phenoxy) is 1. The first-order valence-electron chi connectivity index (χ1n) is 9.41. The number of carbonyl (C=O) groups is 1. The first kappa shape index (κ1) is 18.9. The molecule has 0 N–H and O–H groups in total. The highest BCUT2D eigenvalue weighted by Gasteiger charge is 2.19. The molecule has 0 atom stereocenters. The van der Waals surface area contributed by atoms with Crippen molar-refractivity contribution in [3.8, 4) is 17.1 Å². The Balaban J connectivity index is 2.00. The first-order chi connectivity index (χ1) is 13.2. The molecule has 0 radical (unpaired) electrons. The Hall–Kier alpha value is -2.89. The summed E-state index contributed by atoms with van der Waals surface area (Å²) in [7, 11) is 1.64. The summed E-state index contributed by atoms with van der Waals surface area (Å²) in [4.78, 5) is 24.1. The fourth-order valence-electron chi connectivity index (χ4n) is 3.21. The maximum absolute atomic E-state index is 12.9. The zero-order chi connectivity index (χ0) is 19.2. The van der Waals surface area contributed by atoms with Crippen LogP contribution in [0, 0.1) is 0 Å². The van der Waals surface area contributed by atoms with Gasteiger partial charge in [-0.05, 0) is 49.2 Å². The number of amides is 1. The lowest BCUT2D eigenvalue weighted by Crippen LogP contribution is -2.35. The van der Waals surface area contributed by atoms with E-state index in [2.05, 4.69) is 18.8 Å². The van der Waals surface area contributed by atoms with Crippen molar-refractivity contribution in [3.05, 3.63) is 42.6 Å². The molecule has 0 aliphatic rings. The van der Waals surface area contributed by atoms with Crippen LogP contribution in [-0.4, -0.2) is 45.5 Å². The van der Waals surface area contributed by atoms with E-state index in [0.29, 0.717) is 0 Å². The summed E-state index contributed by atoms with van der Waals surface area (Å²) >= 11 is 0. The van der Waals surface area contributed by atoms with Crippen molar-refractivity contribution in [1.82, 2.24) is 19.4 Å². The van der Waals surface area contributed by atoms with Gasteiger partial charge in [-0.15, -0.1) is 0 Å². The molecular formula is C21H26N4O2. The zero-order valence-electron chi connectivity index (χ0n) is 16.2. The van der Waals surface area contributed by atoms with Crippen LogP contribution >= 0.6 is 0 Å². The second kappa shape index (κ2) is 8.66. The van der Waals surface area contributed by atoms with Gasteiger partial charge >= 0.3 is 0 Å². The molecule has 0 saturated heterocycles. The van der Waals surface area contributed by atoms with Crippen LogP contribution in [0.15, 0.2) is 42.6 Å². The van der Waals surface area contributed by atoms with Gasteiger partial charge in [0.2, 0.25) is 5.91 Å². The number of pyridine rings is 1. The fraction of sp³-hybridized carbons (Fsp3) is 0.381. The number of rotatable bonds is 8. The van der Waals surface area contributed by atoms with E-state index in [1.54, 1.807) is 13.3 Å². The van der Waals surface area contributed by atoms with Crippen LogP contribution in [0.4, 0.5) is 0 Å². The summed E-state index contributed by atoms with van der Waals surface area (Å²) < 4.78 is 7.16. The molecule has 0 unspecified atom stereocenters. The molecule has 0 aliphatic carbocycles. The molecule has 0 fully saturated rings. The van der Waals surface area contributed by atoms with Crippen LogP contribution in [0.5, 0.6) is 5.75 Å². The normalized spacial score (nSPS) is 10.9. The third kappa shape index (κ3) is 4.10. The maximum Gasteiger partial charge on any atom is 0.242 e. The van der Waals surface area contributed by atoms with E-state index in [0.717, 1.165) is 54.2 Å². The predicted octanol–water partition coefficient (Wildman–Crippen LogP) is 3.76. The summed E-state index contributed by atoms with van der Waals surface area (Å²) in [6.45, 7) is 5.95. The van der Waals surface area contributed by atoms with E-state index in [4.69, 9.17) is 9.72 Å². The summed E-state index contributed by atoms with van der Waals surface area (Å²) in [5.74, 6) is 1.62. The highest BCUT2D eigenvalue weighted by atomic mass is 16.5. The SMILES string of the molecule is CCCN(CCC)C(=O)Cn1c(-c2ccc(OC)cc2)nc2cccnc21. The van der Waals surface area contributed by atoms with Crippen molar-refractivity contribution >= 4 is 17.1 Å². The monoisotopic (exact) mass is 366 g/mol. The quantitative estimate of drug-likeness (QED) is 0.609. The van der Waals surface area contributed by atoms with Crippen LogP contribution in [0.2, 0.25) is 0 Å². The van der Waals surface area contributed by atoms with Gasteiger partial charge in [-0.3, -0.25) is 9.36 Å². The van der Waals surface area contributed by atoms with Crippen molar-refractivity contribution < 1.29 is 9.53 Å². The molecule has 6 heteroatoms. The maximum atomic E-state index is 12.9. The van der Waals surface area contributed by atoms with Crippen molar-refractivity contribution in [2.75, 3.05) is 20.2 Å². The molecule has 27 heavy (non-hydrogen) atoms. The van der Waals surface area contributed by atoms with Crippen molar-refractivity contribution in [1.29, 1.82) is 0 Å². The molecule has 3 aromatic rings. The first-order valence-corrected chi connectivity index (χ1v) is 9.41. The minimum Gasteiger partial charge on any atom is -0.497 e. The number of fused-ring (bicyclic) bond motifs is 1. The zero-order valence-corrected chi connectivity index (χ0v) is 16.2. The molecule has 3 rings (SSSR count). The largest absolute Gasteiger partial charge is 0.497 e. The Bertz CT molecular complexity index is 896. The van der Waals surface area contributed by atoms with E-state index in [1.165, 1.54) is 0 Å². The number of carbonyl (C=O) groups excluding carboxylic acids is 1. The van der Waals surface area contributed by atoms with Gasteiger partial charge in [-0.2, -0.15) is 0 Å². The third-order valence-corrected chi connectivity index (χ3v) is 4.49. The number of imidazole rings is 1. The molecule has 0 spiro atoms. The number of methoxy groups -OCH3 is 1. The van der Waals surface area contributed by atoms with E-state index < -0.39 is 0 Å². The Morgan fingerprint density at radius 2 is 1.81 bits per heavy atom. The Morgan fingerprint density at radius 1 is 1.11 bits per heavy atom. The third-order valence-electron chi connectivity index (χ3n) is 4.49. The van der Waals surface area contributed by atoms with Crippen LogP contribution in [0.25, 0.3) is 22.6 Å². The molecule has 142 valence electrons. The Kier molecular flexibility index (Phi) is 6.06. The average Bonchev–Trinajstić information content (AvgIpc) is 3.06. The molecule has 0 saturated carbocycles. The number of benzene rings is 1. The predicted molar refractivity (Wildman–Crippen MR) is 107 cm³/mol. The highest BCUT2D eigenvalue weighted by molar-refractivity contribution is 5.82. The number of hydrogen-bond donors (Lipinski definition) is 0. The van der Waals surface area contributed by atoms with E-state index in [1.807, 2.05) is 45.9 Å². The second-order valence-corrected chi connectivity index (χ2v) is 6.48. The van der Waals surface area contributed by atoms with Gasteiger partial charge in [-0.25, -0.2) is 9.97 Å². The van der Waals surface area contributed by atoms with Crippen molar-refractivity contribution in [2.24, 2.45) is 0 Å². The van der Waals surface area contributed by atoms with Gasteiger partial charge in [-0.1, -0.05) is 13.8 Å². The molecular weight excluding hydrogens is 340 g/mol. The Labute approximate surface area is 159 Å². The van der Waals surface area contributed by atoms with Gasteiger partial charge in [0.25, 0.3) is 0 Å². The second-order valence-electron chi connectivity index (χ2n) is 6.48. The summed E-state index contributed by atoms with van der Waals surface area (Å²) in [5.41, 5.74) is 2.44. The van der Waals surface area contributed by atoms with Gasteiger partial charge in [0.1, 0.15) is 23.6 Å². The van der Waals surface area contributed by atoms with Crippen LogP contribution in [-0.2, 0) is 11.3 Å². The lowest BCUT2D eigenvalue weighted by Gasteiger charge is -2.22. The van der Waals surface area contributed by atoms with Crippen LogP contribution < -0.4 is 4.74 Å². The fourth-order valence-corrected chi connectivity index (χ4v) is 3.21. The molecule has 0 bridgehead atoms. The minimum absolute atomic E-state index is 0.0958. The van der Waals surface area contributed by atoms with Crippen molar-refractivity contribution in [2.45, 2.75) is 33.2 Å². The Morgan fingerprint density at radius 3 is 2.44 bits per heavy atom. The van der Waals surface area contributed by atoms with Crippen LogP contribution in [0.3, 0.4) is 0 Å². The van der Waals surface area contributed by atoms with Gasteiger partial charge < -0.3 is 9.64 Å². The molecule has 2 aromatic heterocycles. The summed E-state index contributed by atoms with van der Waals surface area (Å²) in [5, 5.41) is 0. The molecule has 6 nitrogen and oxygen atoms in total. The number of aromatic nitrogens is 3. The van der Waals surface area contributed by atoms with Crippen LogP contribution in [0.1, 0.15) is 26.7 Å².